The van der Waals surface area contributed by atoms with E-state index in [0.29, 0.717) is 12.1 Å². The minimum Gasteiger partial charge on any atom is -0.313 e. The molecule has 2 rings (SSSR count). The lowest BCUT2D eigenvalue weighted by molar-refractivity contribution is -0.192. The first kappa shape index (κ1) is 15.3. The van der Waals surface area contributed by atoms with Gasteiger partial charge in [-0.15, -0.1) is 11.3 Å². The monoisotopic (exact) mass is 301 g/mol. The minimum absolute atomic E-state index is 0.313. The summed E-state index contributed by atoms with van der Waals surface area (Å²) in [5, 5.41) is 5.80. The molecule has 0 spiro atoms. The van der Waals surface area contributed by atoms with E-state index >= 15 is 0 Å². The molecule has 0 amide bonds. The van der Waals surface area contributed by atoms with Gasteiger partial charge in [0.2, 0.25) is 0 Å². The first-order chi connectivity index (χ1) is 9.30. The summed E-state index contributed by atoms with van der Waals surface area (Å²) in [4.78, 5) is 0. The molecular formula is C15H18F3NS. The molecule has 5 heteroatoms. The van der Waals surface area contributed by atoms with E-state index in [4.69, 9.17) is 0 Å². The van der Waals surface area contributed by atoms with Gasteiger partial charge in [0.15, 0.2) is 0 Å². The van der Waals surface area contributed by atoms with Crippen molar-refractivity contribution in [3.8, 4) is 0 Å². The van der Waals surface area contributed by atoms with E-state index in [0.717, 1.165) is 10.1 Å². The lowest BCUT2D eigenvalue weighted by atomic mass is 9.75. The van der Waals surface area contributed by atoms with Gasteiger partial charge in [-0.1, -0.05) is 19.1 Å². The van der Waals surface area contributed by atoms with Crippen LogP contribution in [0.4, 0.5) is 13.2 Å². The van der Waals surface area contributed by atoms with Crippen molar-refractivity contribution in [3.05, 3.63) is 35.2 Å². The number of hydrogen-bond acceptors (Lipinski definition) is 2. The van der Waals surface area contributed by atoms with Gasteiger partial charge in [-0.05, 0) is 48.9 Å². The maximum absolute atomic E-state index is 13.7. The smallest absolute Gasteiger partial charge is 0.313 e. The fourth-order valence-electron chi connectivity index (χ4n) is 2.45. The van der Waals surface area contributed by atoms with E-state index in [1.54, 1.807) is 25.1 Å². The minimum atomic E-state index is -4.31. The Labute approximate surface area is 120 Å². The van der Waals surface area contributed by atoms with Gasteiger partial charge in [0.1, 0.15) is 5.41 Å². The van der Waals surface area contributed by atoms with Crippen LogP contribution in [0.3, 0.4) is 0 Å². The van der Waals surface area contributed by atoms with Crippen LogP contribution in [-0.2, 0) is 5.41 Å². The van der Waals surface area contributed by atoms with Crippen molar-refractivity contribution in [2.45, 2.75) is 38.4 Å². The summed E-state index contributed by atoms with van der Waals surface area (Å²) in [7, 11) is 0. The van der Waals surface area contributed by atoms with Crippen LogP contribution in [-0.4, -0.2) is 18.8 Å². The molecule has 1 aromatic carbocycles. The average Bonchev–Trinajstić information content (AvgIpc) is 2.83. The molecule has 0 saturated heterocycles. The normalized spacial score (nSPS) is 17.1. The number of halogens is 3. The highest BCUT2D eigenvalue weighted by Gasteiger charge is 2.55. The van der Waals surface area contributed by atoms with Crippen LogP contribution in [0.2, 0.25) is 0 Å². The van der Waals surface area contributed by atoms with Crippen LogP contribution in [0.1, 0.15) is 26.3 Å². The molecule has 0 bridgehead atoms. The fourth-order valence-corrected chi connectivity index (χ4v) is 3.28. The fraction of sp³-hybridized carbons (Fsp3) is 0.467. The van der Waals surface area contributed by atoms with Crippen molar-refractivity contribution < 1.29 is 13.2 Å². The number of hydrogen-bond donors (Lipinski definition) is 1. The summed E-state index contributed by atoms with van der Waals surface area (Å²) in [6.45, 7) is 5.19. The van der Waals surface area contributed by atoms with Crippen molar-refractivity contribution in [2.24, 2.45) is 0 Å². The lowest BCUT2D eigenvalue weighted by Gasteiger charge is -2.38. The number of fused-ring (bicyclic) bond motifs is 1. The highest BCUT2D eigenvalue weighted by Crippen LogP contribution is 2.44. The van der Waals surface area contributed by atoms with E-state index in [9.17, 15) is 13.2 Å². The first-order valence-electron chi connectivity index (χ1n) is 6.58. The van der Waals surface area contributed by atoms with Crippen molar-refractivity contribution in [3.63, 3.8) is 0 Å². The summed E-state index contributed by atoms with van der Waals surface area (Å²) < 4.78 is 41.9. The summed E-state index contributed by atoms with van der Waals surface area (Å²) >= 11 is 1.47. The van der Waals surface area contributed by atoms with Gasteiger partial charge in [0.25, 0.3) is 0 Å². The third-order valence-corrected chi connectivity index (χ3v) is 4.90. The van der Waals surface area contributed by atoms with Crippen molar-refractivity contribution in [2.75, 3.05) is 6.54 Å². The molecule has 0 aliphatic heterocycles. The highest BCUT2D eigenvalue weighted by atomic mass is 32.1. The van der Waals surface area contributed by atoms with E-state index in [2.05, 4.69) is 5.32 Å². The molecular weight excluding hydrogens is 283 g/mol. The predicted octanol–water partition coefficient (Wildman–Crippen LogP) is 4.72. The second-order valence-corrected chi connectivity index (χ2v) is 6.10. The summed E-state index contributed by atoms with van der Waals surface area (Å²) in [6, 6.07) is 6.26. The molecule has 110 valence electrons. The second kappa shape index (κ2) is 5.37. The first-order valence-corrected chi connectivity index (χ1v) is 7.46. The zero-order chi connectivity index (χ0) is 15.0. The summed E-state index contributed by atoms with van der Waals surface area (Å²) in [5.41, 5.74) is -1.59. The van der Waals surface area contributed by atoms with Crippen molar-refractivity contribution in [1.82, 2.24) is 5.32 Å². The van der Waals surface area contributed by atoms with Crippen LogP contribution < -0.4 is 5.32 Å². The van der Waals surface area contributed by atoms with E-state index in [1.807, 2.05) is 18.4 Å². The topological polar surface area (TPSA) is 12.0 Å². The Bertz CT molecular complexity index is 590. The molecule has 0 saturated carbocycles. The SMILES string of the molecule is CCNC(C)C(C)(c1ccc2ccsc2c1)C(F)(F)F. The second-order valence-electron chi connectivity index (χ2n) is 5.15. The maximum Gasteiger partial charge on any atom is 0.399 e. The third-order valence-electron chi connectivity index (χ3n) is 4.02. The Morgan fingerprint density at radius 3 is 2.55 bits per heavy atom. The van der Waals surface area contributed by atoms with Gasteiger partial charge >= 0.3 is 6.18 Å². The van der Waals surface area contributed by atoms with Crippen LogP contribution in [0.5, 0.6) is 0 Å². The van der Waals surface area contributed by atoms with E-state index < -0.39 is 17.6 Å². The molecule has 0 aliphatic carbocycles. The quantitative estimate of drug-likeness (QED) is 0.861. The molecule has 0 radical (unpaired) electrons. The van der Waals surface area contributed by atoms with E-state index in [-0.39, 0.29) is 0 Å². The Hall–Kier alpha value is -1.07. The Morgan fingerprint density at radius 1 is 1.25 bits per heavy atom. The van der Waals surface area contributed by atoms with E-state index in [1.165, 1.54) is 18.3 Å². The van der Waals surface area contributed by atoms with Gasteiger partial charge in [-0.25, -0.2) is 0 Å². The number of alkyl halides is 3. The summed E-state index contributed by atoms with van der Waals surface area (Å²) in [5.74, 6) is 0. The number of thiophene rings is 1. The molecule has 20 heavy (non-hydrogen) atoms. The van der Waals surface area contributed by atoms with Crippen LogP contribution in [0, 0.1) is 0 Å². The number of likely N-dealkylation sites (N-methyl/N-ethyl adjacent to an activating group) is 1. The maximum atomic E-state index is 13.7. The zero-order valence-corrected chi connectivity index (χ0v) is 12.5. The molecule has 1 nitrogen and oxygen atoms in total. The standard InChI is InChI=1S/C15H18F3NS/c1-4-19-10(2)14(3,15(16,17)18)12-6-5-11-7-8-20-13(11)9-12/h5-10,19H,4H2,1-3H3. The van der Waals surface area contributed by atoms with Crippen molar-refractivity contribution in [1.29, 1.82) is 0 Å². The molecule has 1 aromatic heterocycles. The van der Waals surface area contributed by atoms with Crippen LogP contribution in [0.15, 0.2) is 29.6 Å². The van der Waals surface area contributed by atoms with Gasteiger partial charge in [-0.2, -0.15) is 13.2 Å². The molecule has 1 N–H and O–H groups in total. The highest BCUT2D eigenvalue weighted by molar-refractivity contribution is 7.17. The largest absolute Gasteiger partial charge is 0.399 e. The molecule has 2 unspecified atom stereocenters. The molecule has 2 atom stereocenters. The Balaban J connectivity index is 2.55. The lowest BCUT2D eigenvalue weighted by Crippen LogP contribution is -2.54. The molecule has 1 heterocycles. The molecule has 0 aliphatic rings. The van der Waals surface area contributed by atoms with Gasteiger partial charge < -0.3 is 5.32 Å². The molecule has 0 fully saturated rings. The number of benzene rings is 1. The summed E-state index contributed by atoms with van der Waals surface area (Å²) in [6.07, 6.45) is -4.31. The Kier molecular flexibility index (Phi) is 4.12. The number of rotatable bonds is 4. The van der Waals surface area contributed by atoms with Crippen LogP contribution in [0.25, 0.3) is 10.1 Å². The van der Waals surface area contributed by atoms with Gasteiger partial charge in [0, 0.05) is 10.7 Å². The van der Waals surface area contributed by atoms with Crippen molar-refractivity contribution >= 4 is 21.4 Å². The Morgan fingerprint density at radius 2 is 1.95 bits per heavy atom. The zero-order valence-electron chi connectivity index (χ0n) is 11.7. The third kappa shape index (κ3) is 2.44. The predicted molar refractivity (Wildman–Crippen MR) is 78.4 cm³/mol. The van der Waals surface area contributed by atoms with Gasteiger partial charge in [0.05, 0.1) is 0 Å². The number of nitrogens with one attached hydrogen (secondary N) is 1. The van der Waals surface area contributed by atoms with Gasteiger partial charge in [-0.3, -0.25) is 0 Å². The molecule has 2 aromatic rings. The van der Waals surface area contributed by atoms with Crippen LogP contribution >= 0.6 is 11.3 Å². The average molecular weight is 301 g/mol.